The third-order valence-electron chi connectivity index (χ3n) is 3.23. The normalized spacial score (nSPS) is 10.9. The molecule has 0 atom stereocenters. The molecule has 0 aliphatic carbocycles. The summed E-state index contributed by atoms with van der Waals surface area (Å²) in [5, 5.41) is 20.1. The van der Waals surface area contributed by atoms with Crippen molar-refractivity contribution in [3.05, 3.63) is 40.5 Å². The molecule has 0 saturated carbocycles. The van der Waals surface area contributed by atoms with E-state index in [1.165, 1.54) is 10.1 Å². The third-order valence-corrected chi connectivity index (χ3v) is 4.05. The van der Waals surface area contributed by atoms with Crippen LogP contribution in [0.2, 0.25) is 0 Å². The van der Waals surface area contributed by atoms with E-state index in [0.29, 0.717) is 4.43 Å². The van der Waals surface area contributed by atoms with Gasteiger partial charge < -0.3 is 10.2 Å². The molecule has 1 heterocycles. The average molecular weight is 357 g/mol. The van der Waals surface area contributed by atoms with Crippen LogP contribution in [0.3, 0.4) is 0 Å². The molecule has 1 aromatic carbocycles. The highest BCUT2D eigenvalue weighted by Gasteiger charge is 2.16. The van der Waals surface area contributed by atoms with Gasteiger partial charge in [0.1, 0.15) is 0 Å². The molecule has 2 N–H and O–H groups in total. The predicted octanol–water partition coefficient (Wildman–Crippen LogP) is 3.75. The number of hydrogen-bond acceptors (Lipinski definition) is 2. The third kappa shape index (κ3) is 2.09. The van der Waals surface area contributed by atoms with E-state index in [-0.39, 0.29) is 11.8 Å². The minimum atomic E-state index is 0.0746. The lowest BCUT2D eigenvalue weighted by molar-refractivity contribution is 0.401. The molecule has 0 amide bonds. The molecule has 0 saturated heterocycles. The van der Waals surface area contributed by atoms with Gasteiger partial charge in [-0.3, -0.25) is 4.57 Å². The molecular formula is C14H16INO2. The molecular weight excluding hydrogens is 341 g/mol. The van der Waals surface area contributed by atoms with Crippen molar-refractivity contribution in [3.8, 4) is 17.4 Å². The molecule has 4 heteroatoms. The monoisotopic (exact) mass is 357 g/mol. The highest BCUT2D eigenvalue weighted by molar-refractivity contribution is 14.1. The van der Waals surface area contributed by atoms with Gasteiger partial charge in [-0.2, -0.15) is 0 Å². The number of halogens is 1. The van der Waals surface area contributed by atoms with Crippen LogP contribution >= 0.6 is 22.6 Å². The molecule has 0 radical (unpaired) electrons. The van der Waals surface area contributed by atoms with Crippen LogP contribution in [0.25, 0.3) is 5.69 Å². The maximum atomic E-state index is 10.1. The van der Waals surface area contributed by atoms with Gasteiger partial charge in [0.05, 0.1) is 5.69 Å². The van der Waals surface area contributed by atoms with Crippen molar-refractivity contribution >= 4 is 22.6 Å². The minimum Gasteiger partial charge on any atom is -0.494 e. The number of nitrogens with zero attached hydrogens (tertiary/aromatic N) is 1. The van der Waals surface area contributed by atoms with E-state index in [1.54, 1.807) is 6.07 Å². The Morgan fingerprint density at radius 2 is 1.61 bits per heavy atom. The van der Waals surface area contributed by atoms with E-state index < -0.39 is 0 Å². The number of aromatic hydroxyl groups is 2. The second-order valence-corrected chi connectivity index (χ2v) is 5.31. The van der Waals surface area contributed by atoms with Gasteiger partial charge in [0.25, 0.3) is 0 Å². The van der Waals surface area contributed by atoms with Crippen LogP contribution in [0.4, 0.5) is 0 Å². The fourth-order valence-electron chi connectivity index (χ4n) is 2.06. The standard InChI is InChI=1S/C14H16INO2/c1-8-4-10(3)12(5-9(8)2)16-13(17)6-11(7-15)14(16)18/h4-6,17-18H,7H2,1-3H3. The van der Waals surface area contributed by atoms with E-state index in [2.05, 4.69) is 35.6 Å². The topological polar surface area (TPSA) is 45.4 Å². The Morgan fingerprint density at radius 1 is 1.00 bits per heavy atom. The predicted molar refractivity (Wildman–Crippen MR) is 81.0 cm³/mol. The fraction of sp³-hybridized carbons (Fsp3) is 0.286. The number of hydrogen-bond donors (Lipinski definition) is 2. The molecule has 0 fully saturated rings. The molecule has 2 rings (SSSR count). The molecule has 3 nitrogen and oxygen atoms in total. The molecule has 0 spiro atoms. The smallest absolute Gasteiger partial charge is 0.202 e. The average Bonchev–Trinajstić information content (AvgIpc) is 2.59. The molecule has 0 bridgehead atoms. The van der Waals surface area contributed by atoms with Crippen molar-refractivity contribution < 1.29 is 10.2 Å². The first kappa shape index (κ1) is 13.3. The van der Waals surface area contributed by atoms with Gasteiger partial charge in [-0.25, -0.2) is 0 Å². The molecule has 96 valence electrons. The van der Waals surface area contributed by atoms with Gasteiger partial charge >= 0.3 is 0 Å². The van der Waals surface area contributed by atoms with Gasteiger partial charge in [-0.15, -0.1) is 0 Å². The lowest BCUT2D eigenvalue weighted by atomic mass is 10.0. The van der Waals surface area contributed by atoms with Gasteiger partial charge in [-0.1, -0.05) is 28.7 Å². The number of aromatic nitrogens is 1. The van der Waals surface area contributed by atoms with Crippen molar-refractivity contribution in [1.82, 2.24) is 4.57 Å². The largest absolute Gasteiger partial charge is 0.494 e. The van der Waals surface area contributed by atoms with E-state index in [1.807, 2.05) is 19.9 Å². The van der Waals surface area contributed by atoms with Gasteiger partial charge in [-0.05, 0) is 43.5 Å². The highest BCUT2D eigenvalue weighted by Crippen LogP contribution is 2.34. The Labute approximate surface area is 120 Å². The van der Waals surface area contributed by atoms with Crippen molar-refractivity contribution in [1.29, 1.82) is 0 Å². The lowest BCUT2D eigenvalue weighted by Crippen LogP contribution is -1.98. The van der Waals surface area contributed by atoms with Crippen LogP contribution < -0.4 is 0 Å². The first-order valence-electron chi connectivity index (χ1n) is 5.72. The van der Waals surface area contributed by atoms with Gasteiger partial charge in [0, 0.05) is 16.1 Å². The van der Waals surface area contributed by atoms with Crippen LogP contribution in [-0.4, -0.2) is 14.8 Å². The molecule has 0 aliphatic rings. The Hall–Kier alpha value is -1.17. The van der Waals surface area contributed by atoms with E-state index in [9.17, 15) is 10.2 Å². The second kappa shape index (κ2) is 4.84. The first-order chi connectivity index (χ1) is 8.45. The van der Waals surface area contributed by atoms with E-state index in [0.717, 1.165) is 22.4 Å². The van der Waals surface area contributed by atoms with Crippen molar-refractivity contribution in [2.24, 2.45) is 0 Å². The Balaban J connectivity index is 2.69. The van der Waals surface area contributed by atoms with Crippen LogP contribution in [0.1, 0.15) is 22.3 Å². The van der Waals surface area contributed by atoms with Gasteiger partial charge in [0.2, 0.25) is 5.88 Å². The summed E-state index contributed by atoms with van der Waals surface area (Å²) in [6.45, 7) is 6.05. The summed E-state index contributed by atoms with van der Waals surface area (Å²) in [4.78, 5) is 0. The zero-order valence-electron chi connectivity index (χ0n) is 10.7. The maximum absolute atomic E-state index is 10.1. The first-order valence-corrected chi connectivity index (χ1v) is 7.25. The van der Waals surface area contributed by atoms with Crippen molar-refractivity contribution in [2.45, 2.75) is 25.2 Å². The summed E-state index contributed by atoms with van der Waals surface area (Å²) >= 11 is 2.16. The van der Waals surface area contributed by atoms with Crippen LogP contribution in [0, 0.1) is 20.8 Å². The number of benzene rings is 1. The maximum Gasteiger partial charge on any atom is 0.202 e. The van der Waals surface area contributed by atoms with E-state index >= 15 is 0 Å². The van der Waals surface area contributed by atoms with Crippen LogP contribution in [0.5, 0.6) is 11.8 Å². The highest BCUT2D eigenvalue weighted by atomic mass is 127. The number of alkyl halides is 1. The molecule has 18 heavy (non-hydrogen) atoms. The SMILES string of the molecule is Cc1cc(C)c(-n2c(O)cc(CI)c2O)cc1C. The van der Waals surface area contributed by atoms with Crippen molar-refractivity contribution in [2.75, 3.05) is 0 Å². The van der Waals surface area contributed by atoms with Crippen molar-refractivity contribution in [3.63, 3.8) is 0 Å². The zero-order chi connectivity index (χ0) is 13.4. The summed E-state index contributed by atoms with van der Waals surface area (Å²) in [5.41, 5.74) is 4.94. The minimum absolute atomic E-state index is 0.0746. The van der Waals surface area contributed by atoms with Gasteiger partial charge in [0.15, 0.2) is 5.88 Å². The summed E-state index contributed by atoms with van der Waals surface area (Å²) in [6.07, 6.45) is 0. The summed E-state index contributed by atoms with van der Waals surface area (Å²) in [7, 11) is 0. The molecule has 2 aromatic rings. The van der Waals surface area contributed by atoms with E-state index in [4.69, 9.17) is 0 Å². The summed E-state index contributed by atoms with van der Waals surface area (Å²) < 4.78 is 2.16. The molecule has 0 unspecified atom stereocenters. The summed E-state index contributed by atoms with van der Waals surface area (Å²) in [6, 6.07) is 5.66. The molecule has 1 aromatic heterocycles. The number of aryl methyl sites for hydroxylation is 3. The fourth-order valence-corrected chi connectivity index (χ4v) is 2.62. The Bertz CT molecular complexity index is 602. The number of rotatable bonds is 2. The lowest BCUT2D eigenvalue weighted by Gasteiger charge is -2.13. The Kier molecular flexibility index (Phi) is 3.56. The van der Waals surface area contributed by atoms with Crippen LogP contribution in [-0.2, 0) is 4.43 Å². The second-order valence-electron chi connectivity index (χ2n) is 4.54. The summed E-state index contributed by atoms with van der Waals surface area (Å²) in [5.74, 6) is 0.193. The zero-order valence-corrected chi connectivity index (χ0v) is 12.8. The van der Waals surface area contributed by atoms with Crippen LogP contribution in [0.15, 0.2) is 18.2 Å². The quantitative estimate of drug-likeness (QED) is 0.635. The molecule has 0 aliphatic heterocycles. The Morgan fingerprint density at radius 3 is 2.17 bits per heavy atom.